The third-order valence-corrected chi connectivity index (χ3v) is 3.35. The molecule has 0 fully saturated rings. The Hall–Kier alpha value is -1.69. The summed E-state index contributed by atoms with van der Waals surface area (Å²) in [5.41, 5.74) is -0.257. The van der Waals surface area contributed by atoms with E-state index < -0.39 is 5.97 Å². The highest BCUT2D eigenvalue weighted by atomic mass is 16.4. The van der Waals surface area contributed by atoms with Gasteiger partial charge in [-0.15, -0.1) is 0 Å². The number of nitrogens with one attached hydrogen (secondary N) is 1. The monoisotopic (exact) mass is 253 g/mol. The quantitative estimate of drug-likeness (QED) is 0.679. The number of nitrogens with zero attached hydrogens (tertiary/aromatic N) is 2. The molecule has 0 aliphatic heterocycles. The van der Waals surface area contributed by atoms with Gasteiger partial charge in [0.05, 0.1) is 19.0 Å². The van der Waals surface area contributed by atoms with Crippen LogP contribution >= 0.6 is 0 Å². The first-order valence-corrected chi connectivity index (χ1v) is 5.97. The topological polar surface area (TPSA) is 95.3 Å². The summed E-state index contributed by atoms with van der Waals surface area (Å²) in [4.78, 5) is 18.4. The fraction of sp³-hybridized carbons (Fsp3) is 0.583. The number of aromatic nitrogens is 2. The van der Waals surface area contributed by atoms with E-state index in [-0.39, 0.29) is 17.7 Å². The number of carboxylic acid groups (broad SMARTS) is 1. The summed E-state index contributed by atoms with van der Waals surface area (Å²) in [6, 6.07) is 0. The molecule has 0 amide bonds. The average molecular weight is 253 g/mol. The second-order valence-electron chi connectivity index (χ2n) is 4.31. The lowest BCUT2D eigenvalue weighted by molar-refractivity contribution is 0.0690. The Morgan fingerprint density at radius 1 is 1.33 bits per heavy atom. The van der Waals surface area contributed by atoms with Crippen LogP contribution in [0.5, 0.6) is 0 Å². The molecule has 0 bridgehead atoms. The molecule has 6 heteroatoms. The smallest absolute Gasteiger partial charge is 0.356 e. The van der Waals surface area contributed by atoms with Crippen LogP contribution in [-0.2, 0) is 0 Å². The summed E-state index contributed by atoms with van der Waals surface area (Å²) in [7, 11) is 0. The van der Waals surface area contributed by atoms with Gasteiger partial charge in [-0.25, -0.2) is 14.8 Å². The molecule has 100 valence electrons. The number of rotatable bonds is 7. The van der Waals surface area contributed by atoms with E-state index in [4.69, 9.17) is 5.11 Å². The lowest BCUT2D eigenvalue weighted by Gasteiger charge is -2.29. The van der Waals surface area contributed by atoms with E-state index in [1.54, 1.807) is 0 Å². The Kier molecular flexibility index (Phi) is 5.03. The van der Waals surface area contributed by atoms with Gasteiger partial charge in [-0.2, -0.15) is 0 Å². The molecule has 0 aliphatic rings. The second kappa shape index (κ2) is 6.30. The zero-order valence-corrected chi connectivity index (χ0v) is 10.7. The fourth-order valence-electron chi connectivity index (χ4n) is 1.59. The van der Waals surface area contributed by atoms with Crippen molar-refractivity contribution in [2.75, 3.05) is 18.5 Å². The number of carbonyl (C=O) groups is 1. The van der Waals surface area contributed by atoms with Gasteiger partial charge in [0.25, 0.3) is 0 Å². The molecule has 1 rings (SSSR count). The van der Waals surface area contributed by atoms with Gasteiger partial charge in [0.1, 0.15) is 5.82 Å². The molecule has 3 N–H and O–H groups in total. The molecule has 0 aliphatic carbocycles. The van der Waals surface area contributed by atoms with Crippen molar-refractivity contribution in [1.82, 2.24) is 9.97 Å². The average Bonchev–Trinajstić information content (AvgIpc) is 2.41. The first-order valence-electron chi connectivity index (χ1n) is 5.97. The molecule has 18 heavy (non-hydrogen) atoms. The maximum Gasteiger partial charge on any atom is 0.356 e. The molecule has 0 saturated heterocycles. The van der Waals surface area contributed by atoms with Gasteiger partial charge < -0.3 is 15.5 Å². The summed E-state index contributed by atoms with van der Waals surface area (Å²) < 4.78 is 0. The molecular formula is C12H19N3O3. The Morgan fingerprint density at radius 2 is 2.00 bits per heavy atom. The first kappa shape index (κ1) is 14.4. The van der Waals surface area contributed by atoms with Crippen molar-refractivity contribution in [2.24, 2.45) is 5.41 Å². The molecule has 1 aromatic rings. The van der Waals surface area contributed by atoms with E-state index in [0.717, 1.165) is 12.8 Å². The fourth-order valence-corrected chi connectivity index (χ4v) is 1.59. The number of aromatic carboxylic acids is 1. The molecular weight excluding hydrogens is 234 g/mol. The molecule has 1 heterocycles. The lowest BCUT2D eigenvalue weighted by Crippen LogP contribution is -2.32. The van der Waals surface area contributed by atoms with Gasteiger partial charge in [-0.05, 0) is 12.8 Å². The van der Waals surface area contributed by atoms with Crippen molar-refractivity contribution < 1.29 is 15.0 Å². The van der Waals surface area contributed by atoms with Crippen molar-refractivity contribution in [2.45, 2.75) is 26.7 Å². The molecule has 0 aromatic carbocycles. The van der Waals surface area contributed by atoms with E-state index in [1.807, 2.05) is 13.8 Å². The van der Waals surface area contributed by atoms with Crippen LogP contribution < -0.4 is 5.32 Å². The van der Waals surface area contributed by atoms with Gasteiger partial charge in [0.2, 0.25) is 0 Å². The predicted molar refractivity (Wildman–Crippen MR) is 67.6 cm³/mol. The summed E-state index contributed by atoms with van der Waals surface area (Å²) in [6.45, 7) is 4.74. The third-order valence-electron chi connectivity index (χ3n) is 3.35. The third kappa shape index (κ3) is 3.40. The van der Waals surface area contributed by atoms with Crippen LogP contribution in [0.2, 0.25) is 0 Å². The number of aliphatic hydroxyl groups is 1. The van der Waals surface area contributed by atoms with E-state index in [0.29, 0.717) is 12.4 Å². The Labute approximate surface area is 106 Å². The highest BCUT2D eigenvalue weighted by Gasteiger charge is 2.25. The molecule has 0 unspecified atom stereocenters. The van der Waals surface area contributed by atoms with Gasteiger partial charge in [0.15, 0.2) is 5.69 Å². The summed E-state index contributed by atoms with van der Waals surface area (Å²) in [6.07, 6.45) is 4.31. The van der Waals surface area contributed by atoms with E-state index in [9.17, 15) is 9.90 Å². The van der Waals surface area contributed by atoms with Crippen LogP contribution in [-0.4, -0.2) is 39.3 Å². The SMILES string of the molecule is CCC(CC)(CO)CNc1cnc(C(=O)O)cn1. The summed E-state index contributed by atoms with van der Waals surface area (Å²) in [5.74, 6) is -0.583. The summed E-state index contributed by atoms with van der Waals surface area (Å²) in [5, 5.41) is 21.2. The minimum Gasteiger partial charge on any atom is -0.476 e. The minimum absolute atomic E-state index is 0.0834. The van der Waals surface area contributed by atoms with Gasteiger partial charge in [-0.3, -0.25) is 0 Å². The van der Waals surface area contributed by atoms with Crippen molar-refractivity contribution >= 4 is 11.8 Å². The van der Waals surface area contributed by atoms with Gasteiger partial charge in [0, 0.05) is 12.0 Å². The first-order chi connectivity index (χ1) is 8.56. The maximum absolute atomic E-state index is 10.6. The van der Waals surface area contributed by atoms with E-state index in [2.05, 4.69) is 15.3 Å². The van der Waals surface area contributed by atoms with Crippen LogP contribution in [0.4, 0.5) is 5.82 Å². The number of carboxylic acids is 1. The van der Waals surface area contributed by atoms with Crippen LogP contribution in [0.3, 0.4) is 0 Å². The summed E-state index contributed by atoms with van der Waals surface area (Å²) >= 11 is 0. The number of hydrogen-bond acceptors (Lipinski definition) is 5. The zero-order valence-electron chi connectivity index (χ0n) is 10.7. The second-order valence-corrected chi connectivity index (χ2v) is 4.31. The molecule has 0 saturated carbocycles. The molecule has 6 nitrogen and oxygen atoms in total. The van der Waals surface area contributed by atoms with Crippen LogP contribution in [0.1, 0.15) is 37.2 Å². The normalized spacial score (nSPS) is 11.3. The molecule has 0 radical (unpaired) electrons. The van der Waals surface area contributed by atoms with Crippen LogP contribution in [0.25, 0.3) is 0 Å². The van der Waals surface area contributed by atoms with Crippen LogP contribution in [0, 0.1) is 5.41 Å². The van der Waals surface area contributed by atoms with Gasteiger partial charge in [-0.1, -0.05) is 13.8 Å². The van der Waals surface area contributed by atoms with Gasteiger partial charge >= 0.3 is 5.97 Å². The zero-order chi connectivity index (χ0) is 13.6. The largest absolute Gasteiger partial charge is 0.476 e. The van der Waals surface area contributed by atoms with E-state index in [1.165, 1.54) is 12.4 Å². The number of anilines is 1. The highest BCUT2D eigenvalue weighted by Crippen LogP contribution is 2.25. The van der Waals surface area contributed by atoms with Crippen molar-refractivity contribution in [3.63, 3.8) is 0 Å². The number of hydrogen-bond donors (Lipinski definition) is 3. The van der Waals surface area contributed by atoms with Crippen molar-refractivity contribution in [1.29, 1.82) is 0 Å². The molecule has 1 aromatic heterocycles. The maximum atomic E-state index is 10.6. The van der Waals surface area contributed by atoms with Crippen molar-refractivity contribution in [3.8, 4) is 0 Å². The Morgan fingerprint density at radius 3 is 2.39 bits per heavy atom. The van der Waals surface area contributed by atoms with E-state index >= 15 is 0 Å². The predicted octanol–water partition coefficient (Wildman–Crippen LogP) is 1.39. The highest BCUT2D eigenvalue weighted by molar-refractivity contribution is 5.84. The van der Waals surface area contributed by atoms with Crippen LogP contribution in [0.15, 0.2) is 12.4 Å². The minimum atomic E-state index is -1.10. The standard InChI is InChI=1S/C12H19N3O3/c1-3-12(4-2,8-16)7-15-10-6-13-9(5-14-10)11(17)18/h5-6,16H,3-4,7-8H2,1-2H3,(H,14,15)(H,17,18). The Balaban J connectivity index is 2.65. The molecule has 0 atom stereocenters. The lowest BCUT2D eigenvalue weighted by atomic mass is 9.83. The van der Waals surface area contributed by atoms with Crippen molar-refractivity contribution in [3.05, 3.63) is 18.1 Å². The Bertz CT molecular complexity index is 380. The number of aliphatic hydroxyl groups excluding tert-OH is 1. The molecule has 0 spiro atoms.